The lowest BCUT2D eigenvalue weighted by Gasteiger charge is -2.39. The molecule has 0 fully saturated rings. The highest BCUT2D eigenvalue weighted by atomic mass is 32.1. The number of hydrogen-bond donors (Lipinski definition) is 0. The first kappa shape index (κ1) is 47.7. The molecule has 0 atom stereocenters. The summed E-state index contributed by atoms with van der Waals surface area (Å²) in [4.78, 5) is -8.17. The average molecular weight is 967 g/mol. The topological polar surface area (TPSA) is 0 Å². The van der Waals surface area contributed by atoms with Gasteiger partial charge in [-0.2, -0.15) is 114 Å². The molecule has 0 aliphatic heterocycles. The zero-order valence-electron chi connectivity index (χ0n) is 26.1. The molecule has 4 aromatic heterocycles. The molecule has 0 nitrogen and oxygen atoms in total. The van der Waals surface area contributed by atoms with Gasteiger partial charge in [0.2, 0.25) is 0 Å². The third kappa shape index (κ3) is 6.28. The van der Waals surface area contributed by atoms with Gasteiger partial charge in [0, 0.05) is 26.4 Å². The molecule has 0 unspecified atom stereocenters. The van der Waals surface area contributed by atoms with Gasteiger partial charge in [-0.3, -0.25) is 0 Å². The Balaban J connectivity index is 2.10. The minimum Gasteiger partial charge on any atom is -0.194 e. The highest BCUT2D eigenvalue weighted by Gasteiger charge is 2.92. The van der Waals surface area contributed by atoms with Crippen molar-refractivity contribution in [2.24, 2.45) is 0 Å². The van der Waals surface area contributed by atoms with E-state index in [2.05, 4.69) is 0 Å². The lowest BCUT2D eigenvalue weighted by Crippen LogP contribution is -2.69. The first-order valence-electron chi connectivity index (χ1n) is 13.9. The van der Waals surface area contributed by atoms with Gasteiger partial charge in [-0.05, 0) is 34.3 Å². The van der Waals surface area contributed by atoms with Crippen LogP contribution in [-0.4, -0.2) is 59.7 Å². The number of rotatable bonds is 13. The summed E-state index contributed by atoms with van der Waals surface area (Å²) in [5.74, 6) is -80.7. The molecule has 0 N–H and O–H groups in total. The zero-order valence-corrected chi connectivity index (χ0v) is 29.3. The Morgan fingerprint density at radius 1 is 0.328 bits per heavy atom. The van der Waals surface area contributed by atoms with Crippen LogP contribution in [0.1, 0.15) is 10.4 Å². The van der Waals surface area contributed by atoms with E-state index in [1.54, 1.807) is 0 Å². The van der Waals surface area contributed by atoms with E-state index in [-0.39, 0.29) is 28.1 Å². The Labute approximate surface area is 318 Å². The van der Waals surface area contributed by atoms with Gasteiger partial charge in [-0.15, -0.1) is 45.3 Å². The molecule has 326 valence electrons. The van der Waals surface area contributed by atoms with E-state index in [9.17, 15) is 87.8 Å². The van der Waals surface area contributed by atoms with Crippen molar-refractivity contribution < 1.29 is 114 Å². The van der Waals surface area contributed by atoms with E-state index in [4.69, 9.17) is 0 Å². The van der Waals surface area contributed by atoms with Crippen LogP contribution in [0.15, 0.2) is 46.5 Å². The molecule has 4 aromatic rings. The molecule has 30 heteroatoms. The lowest BCUT2D eigenvalue weighted by molar-refractivity contribution is -0.441. The van der Waals surface area contributed by atoms with E-state index in [1.165, 1.54) is 0 Å². The third-order valence-electron chi connectivity index (χ3n) is 7.81. The SMILES string of the molecule is FC(F)(F)C(F)(F)C(F)(F)C(F)(F)C(F)(F)C(F)(F)c1ccsc1-c1sc(C(F)(F)C(F)(F)C(F)(F)C(F)(F)C(F)(F)C(F)(F)F)c(-c2cccs2)c1-c1cccs1. The monoisotopic (exact) mass is 966 g/mol. The van der Waals surface area contributed by atoms with Crippen LogP contribution in [0.3, 0.4) is 0 Å². The lowest BCUT2D eigenvalue weighted by atomic mass is 9.89. The summed E-state index contributed by atoms with van der Waals surface area (Å²) in [6.07, 6.45) is -15.7. The fourth-order valence-corrected chi connectivity index (χ4v) is 8.84. The molecule has 0 radical (unpaired) electrons. The van der Waals surface area contributed by atoms with E-state index in [0.29, 0.717) is 12.1 Å². The van der Waals surface area contributed by atoms with Gasteiger partial charge >= 0.3 is 71.6 Å². The molecule has 0 aromatic carbocycles. The van der Waals surface area contributed by atoms with Gasteiger partial charge < -0.3 is 0 Å². The summed E-state index contributed by atoms with van der Waals surface area (Å²) in [5.41, 5.74) is -5.89. The Morgan fingerprint density at radius 3 is 1.05 bits per heavy atom. The molecule has 4 rings (SSSR count). The molecule has 0 spiro atoms. The van der Waals surface area contributed by atoms with Crippen molar-refractivity contribution in [3.05, 3.63) is 56.9 Å². The van der Waals surface area contributed by atoms with Gasteiger partial charge in [0.25, 0.3) is 0 Å². The molecule has 0 amide bonds. The fourth-order valence-electron chi connectivity index (χ4n) is 4.71. The van der Waals surface area contributed by atoms with Crippen molar-refractivity contribution in [1.29, 1.82) is 0 Å². The molecule has 0 saturated carbocycles. The quantitative estimate of drug-likeness (QED) is 0.117. The summed E-state index contributed by atoms with van der Waals surface area (Å²) in [5, 5.41) is 1.82. The highest BCUT2D eigenvalue weighted by molar-refractivity contribution is 7.23. The second-order valence-electron chi connectivity index (χ2n) is 11.4. The van der Waals surface area contributed by atoms with Gasteiger partial charge in [-0.25, -0.2) is 0 Å². The summed E-state index contributed by atoms with van der Waals surface area (Å²) in [6.45, 7) is 0. The minimum absolute atomic E-state index is 0.0678. The average Bonchev–Trinajstić information content (AvgIpc) is 3.89. The van der Waals surface area contributed by atoms with Crippen molar-refractivity contribution in [3.63, 3.8) is 0 Å². The van der Waals surface area contributed by atoms with Crippen molar-refractivity contribution >= 4 is 45.3 Å². The maximum absolute atomic E-state index is 15.9. The maximum atomic E-state index is 15.9. The predicted octanol–water partition coefficient (Wildman–Crippen LogP) is 15.3. The Bertz CT molecular complexity index is 2080. The molecule has 0 aliphatic rings. The summed E-state index contributed by atoms with van der Waals surface area (Å²) >= 11 is -1.52. The Hall–Kier alpha value is -3.02. The largest absolute Gasteiger partial charge is 0.460 e. The van der Waals surface area contributed by atoms with Crippen LogP contribution in [0, 0.1) is 0 Å². The molecule has 58 heavy (non-hydrogen) atoms. The van der Waals surface area contributed by atoms with E-state index >= 15 is 26.3 Å². The normalized spacial score (nSPS) is 15.4. The number of halogens is 26. The third-order valence-corrected chi connectivity index (χ3v) is 11.9. The van der Waals surface area contributed by atoms with Crippen LogP contribution in [0.4, 0.5) is 114 Å². The van der Waals surface area contributed by atoms with Crippen molar-refractivity contribution in [2.45, 2.75) is 71.6 Å². The van der Waals surface area contributed by atoms with Gasteiger partial charge in [0.05, 0.1) is 14.6 Å². The molecular formula is C28H8F26S4. The minimum atomic E-state index is -8.45. The molecule has 4 heterocycles. The summed E-state index contributed by atoms with van der Waals surface area (Å²) in [7, 11) is 0. The Kier molecular flexibility index (Phi) is 11.3. The predicted molar refractivity (Wildman–Crippen MR) is 154 cm³/mol. The Morgan fingerprint density at radius 2 is 0.690 bits per heavy atom. The van der Waals surface area contributed by atoms with Crippen LogP contribution in [0.5, 0.6) is 0 Å². The van der Waals surface area contributed by atoms with Gasteiger partial charge in [0.15, 0.2) is 0 Å². The maximum Gasteiger partial charge on any atom is 0.460 e. The van der Waals surface area contributed by atoms with E-state index in [1.807, 2.05) is 0 Å². The summed E-state index contributed by atoms with van der Waals surface area (Å²) < 4.78 is 367. The van der Waals surface area contributed by atoms with E-state index in [0.717, 1.165) is 22.9 Å². The van der Waals surface area contributed by atoms with Gasteiger partial charge in [0.1, 0.15) is 0 Å². The van der Waals surface area contributed by atoms with Crippen molar-refractivity contribution in [2.75, 3.05) is 0 Å². The molecular weight excluding hydrogens is 959 g/mol. The first-order chi connectivity index (χ1) is 25.7. The van der Waals surface area contributed by atoms with Crippen molar-refractivity contribution in [1.82, 2.24) is 0 Å². The molecule has 0 saturated heterocycles. The number of hydrogen-bond acceptors (Lipinski definition) is 4. The van der Waals surface area contributed by atoms with E-state index < -0.39 is 141 Å². The smallest absolute Gasteiger partial charge is 0.194 e. The first-order valence-corrected chi connectivity index (χ1v) is 17.4. The second kappa shape index (κ2) is 13.7. The second-order valence-corrected chi connectivity index (χ2v) is 15.2. The van der Waals surface area contributed by atoms with Crippen LogP contribution in [0.2, 0.25) is 0 Å². The van der Waals surface area contributed by atoms with Gasteiger partial charge in [-0.1, -0.05) is 12.1 Å². The van der Waals surface area contributed by atoms with Crippen LogP contribution < -0.4 is 0 Å². The molecule has 0 bridgehead atoms. The van der Waals surface area contributed by atoms with Crippen LogP contribution in [-0.2, 0) is 11.8 Å². The molecule has 0 aliphatic carbocycles. The standard InChI is InChI=1S/C28H8F26S4/c29-17(30,19(33,34)21(37,38)23(41,42)25(45,46)27(49,50)51)9-5-8-57-14(9)15-12(10-3-1-6-55-10)13(11-4-2-7-56-11)16(58-15)18(31,32)20(35,36)22(39,40)24(43,44)26(47,48)28(52,53)54/h1-8H. The number of alkyl halides is 26. The van der Waals surface area contributed by atoms with Crippen molar-refractivity contribution in [3.8, 4) is 30.6 Å². The fraction of sp³-hybridized carbons (Fsp3) is 0.429. The zero-order chi connectivity index (χ0) is 45.1. The number of thiophene rings is 4. The summed E-state index contributed by atoms with van der Waals surface area (Å²) in [6, 6.07) is 2.51. The van der Waals surface area contributed by atoms with Crippen LogP contribution in [0.25, 0.3) is 30.6 Å². The van der Waals surface area contributed by atoms with Crippen LogP contribution >= 0.6 is 45.3 Å². The highest BCUT2D eigenvalue weighted by Crippen LogP contribution is 2.67.